The molecule has 0 spiro atoms. The Kier molecular flexibility index (Phi) is 4.07. The van der Waals surface area contributed by atoms with Crippen molar-refractivity contribution >= 4 is 11.6 Å². The molecule has 4 nitrogen and oxygen atoms in total. The SMILES string of the molecule is CCC(=O)N1CCN(c2ccccc2OC)CC1. The number of carbonyl (C=O) groups excluding carboxylic acids is 1. The molecular formula is C14H20N2O2. The molecule has 4 heteroatoms. The lowest BCUT2D eigenvalue weighted by Crippen LogP contribution is -2.48. The molecule has 0 aliphatic carbocycles. The van der Waals surface area contributed by atoms with E-state index in [0.717, 1.165) is 37.6 Å². The highest BCUT2D eigenvalue weighted by Crippen LogP contribution is 2.28. The number of nitrogens with zero attached hydrogens (tertiary/aromatic N) is 2. The predicted octanol–water partition coefficient (Wildman–Crippen LogP) is 1.75. The normalized spacial score (nSPS) is 15.7. The summed E-state index contributed by atoms with van der Waals surface area (Å²) in [6.45, 7) is 5.24. The van der Waals surface area contributed by atoms with Crippen LogP contribution in [0.5, 0.6) is 5.75 Å². The van der Waals surface area contributed by atoms with Crippen molar-refractivity contribution in [3.8, 4) is 5.75 Å². The monoisotopic (exact) mass is 248 g/mol. The summed E-state index contributed by atoms with van der Waals surface area (Å²) in [5.41, 5.74) is 1.11. The first-order valence-corrected chi connectivity index (χ1v) is 6.42. The topological polar surface area (TPSA) is 32.8 Å². The van der Waals surface area contributed by atoms with Gasteiger partial charge in [0.25, 0.3) is 0 Å². The summed E-state index contributed by atoms with van der Waals surface area (Å²) in [4.78, 5) is 15.8. The first-order valence-electron chi connectivity index (χ1n) is 6.42. The summed E-state index contributed by atoms with van der Waals surface area (Å²) in [6.07, 6.45) is 0.592. The van der Waals surface area contributed by atoms with Crippen molar-refractivity contribution in [1.29, 1.82) is 0 Å². The fourth-order valence-corrected chi connectivity index (χ4v) is 2.31. The van der Waals surface area contributed by atoms with Crippen molar-refractivity contribution in [2.24, 2.45) is 0 Å². The summed E-state index contributed by atoms with van der Waals surface area (Å²) >= 11 is 0. The van der Waals surface area contributed by atoms with Gasteiger partial charge in [0.15, 0.2) is 0 Å². The third-order valence-corrected chi connectivity index (χ3v) is 3.36. The highest BCUT2D eigenvalue weighted by atomic mass is 16.5. The number of amides is 1. The van der Waals surface area contributed by atoms with Gasteiger partial charge in [-0.15, -0.1) is 0 Å². The molecule has 1 fully saturated rings. The van der Waals surface area contributed by atoms with Gasteiger partial charge in [-0.05, 0) is 12.1 Å². The smallest absolute Gasteiger partial charge is 0.222 e. The Morgan fingerprint density at radius 1 is 1.22 bits per heavy atom. The Hall–Kier alpha value is -1.71. The second kappa shape index (κ2) is 5.76. The summed E-state index contributed by atoms with van der Waals surface area (Å²) in [7, 11) is 1.69. The second-order valence-electron chi connectivity index (χ2n) is 4.39. The molecule has 2 rings (SSSR count). The number of ether oxygens (including phenoxy) is 1. The van der Waals surface area contributed by atoms with Crippen molar-refractivity contribution in [2.45, 2.75) is 13.3 Å². The van der Waals surface area contributed by atoms with Crippen LogP contribution in [0.25, 0.3) is 0 Å². The lowest BCUT2D eigenvalue weighted by molar-refractivity contribution is -0.131. The molecular weight excluding hydrogens is 228 g/mol. The maximum absolute atomic E-state index is 11.6. The predicted molar refractivity (Wildman–Crippen MR) is 72.1 cm³/mol. The first kappa shape index (κ1) is 12.7. The Labute approximate surface area is 108 Å². The molecule has 98 valence electrons. The van der Waals surface area contributed by atoms with Gasteiger partial charge < -0.3 is 14.5 Å². The van der Waals surface area contributed by atoms with Crippen molar-refractivity contribution in [3.63, 3.8) is 0 Å². The molecule has 0 radical (unpaired) electrons. The van der Waals surface area contributed by atoms with Crippen molar-refractivity contribution < 1.29 is 9.53 Å². The van der Waals surface area contributed by atoms with Crippen LogP contribution in [0.1, 0.15) is 13.3 Å². The minimum absolute atomic E-state index is 0.245. The minimum Gasteiger partial charge on any atom is -0.495 e. The molecule has 0 saturated carbocycles. The Bertz CT molecular complexity index is 412. The molecule has 1 aromatic rings. The fraction of sp³-hybridized carbons (Fsp3) is 0.500. The number of methoxy groups -OCH3 is 1. The van der Waals surface area contributed by atoms with E-state index in [1.807, 2.05) is 30.0 Å². The van der Waals surface area contributed by atoms with Crippen LogP contribution in [0.2, 0.25) is 0 Å². The Morgan fingerprint density at radius 2 is 1.89 bits per heavy atom. The lowest BCUT2D eigenvalue weighted by atomic mass is 10.2. The molecule has 1 aromatic carbocycles. The molecule has 0 aromatic heterocycles. The van der Waals surface area contributed by atoms with Crippen LogP contribution in [0, 0.1) is 0 Å². The molecule has 1 aliphatic rings. The standard InChI is InChI=1S/C14H20N2O2/c1-3-14(17)16-10-8-15(9-11-16)12-6-4-5-7-13(12)18-2/h4-7H,3,8-11H2,1-2H3. The van der Waals surface area contributed by atoms with Gasteiger partial charge in [0.05, 0.1) is 12.8 Å². The van der Waals surface area contributed by atoms with Gasteiger partial charge >= 0.3 is 0 Å². The van der Waals surface area contributed by atoms with Gasteiger partial charge in [0.1, 0.15) is 5.75 Å². The minimum atomic E-state index is 0.245. The summed E-state index contributed by atoms with van der Waals surface area (Å²) < 4.78 is 5.37. The number of benzene rings is 1. The fourth-order valence-electron chi connectivity index (χ4n) is 2.31. The second-order valence-corrected chi connectivity index (χ2v) is 4.39. The number of carbonyl (C=O) groups is 1. The molecule has 1 saturated heterocycles. The number of piperazine rings is 1. The number of hydrogen-bond donors (Lipinski definition) is 0. The first-order chi connectivity index (χ1) is 8.76. The average molecular weight is 248 g/mol. The van der Waals surface area contributed by atoms with Crippen LogP contribution in [0.15, 0.2) is 24.3 Å². The summed E-state index contributed by atoms with van der Waals surface area (Å²) in [5.74, 6) is 1.14. The maximum Gasteiger partial charge on any atom is 0.222 e. The van der Waals surface area contributed by atoms with E-state index in [1.54, 1.807) is 7.11 Å². The highest BCUT2D eigenvalue weighted by Gasteiger charge is 2.21. The zero-order valence-electron chi connectivity index (χ0n) is 11.1. The van der Waals surface area contributed by atoms with E-state index >= 15 is 0 Å². The average Bonchev–Trinajstić information content (AvgIpc) is 2.46. The van der Waals surface area contributed by atoms with E-state index in [2.05, 4.69) is 11.0 Å². The Morgan fingerprint density at radius 3 is 2.50 bits per heavy atom. The number of anilines is 1. The van der Waals surface area contributed by atoms with Gasteiger partial charge in [0, 0.05) is 32.6 Å². The van der Waals surface area contributed by atoms with Gasteiger partial charge in [-0.3, -0.25) is 4.79 Å². The highest BCUT2D eigenvalue weighted by molar-refractivity contribution is 5.76. The van der Waals surface area contributed by atoms with E-state index < -0.39 is 0 Å². The van der Waals surface area contributed by atoms with Crippen molar-refractivity contribution in [3.05, 3.63) is 24.3 Å². The zero-order chi connectivity index (χ0) is 13.0. The molecule has 0 unspecified atom stereocenters. The maximum atomic E-state index is 11.6. The van der Waals surface area contributed by atoms with Crippen molar-refractivity contribution in [1.82, 2.24) is 4.90 Å². The van der Waals surface area contributed by atoms with E-state index in [-0.39, 0.29) is 5.91 Å². The molecule has 1 amide bonds. The van der Waals surface area contributed by atoms with E-state index in [9.17, 15) is 4.79 Å². The molecule has 18 heavy (non-hydrogen) atoms. The summed E-state index contributed by atoms with van der Waals surface area (Å²) in [5, 5.41) is 0. The number of rotatable bonds is 3. The van der Waals surface area contributed by atoms with Crippen molar-refractivity contribution in [2.75, 3.05) is 38.2 Å². The van der Waals surface area contributed by atoms with Gasteiger partial charge in [-0.1, -0.05) is 19.1 Å². The summed E-state index contributed by atoms with van der Waals surface area (Å²) in [6, 6.07) is 8.02. The van der Waals surface area contributed by atoms with Crippen LogP contribution in [0.3, 0.4) is 0 Å². The van der Waals surface area contributed by atoms with Crippen LogP contribution in [-0.2, 0) is 4.79 Å². The van der Waals surface area contributed by atoms with Crippen LogP contribution >= 0.6 is 0 Å². The van der Waals surface area contributed by atoms with E-state index in [4.69, 9.17) is 4.74 Å². The van der Waals surface area contributed by atoms with Gasteiger partial charge in [-0.25, -0.2) is 0 Å². The van der Waals surface area contributed by atoms with E-state index in [0.29, 0.717) is 6.42 Å². The molecule has 0 N–H and O–H groups in total. The molecule has 1 aliphatic heterocycles. The molecule has 1 heterocycles. The quantitative estimate of drug-likeness (QED) is 0.817. The Balaban J connectivity index is 2.03. The van der Waals surface area contributed by atoms with E-state index in [1.165, 1.54) is 0 Å². The van der Waals surface area contributed by atoms with Crippen LogP contribution in [0.4, 0.5) is 5.69 Å². The largest absolute Gasteiger partial charge is 0.495 e. The van der Waals surface area contributed by atoms with Crippen LogP contribution in [-0.4, -0.2) is 44.1 Å². The third kappa shape index (κ3) is 2.58. The molecule has 0 atom stereocenters. The van der Waals surface area contributed by atoms with Gasteiger partial charge in [-0.2, -0.15) is 0 Å². The van der Waals surface area contributed by atoms with Crippen LogP contribution < -0.4 is 9.64 Å². The lowest BCUT2D eigenvalue weighted by Gasteiger charge is -2.36. The number of hydrogen-bond acceptors (Lipinski definition) is 3. The third-order valence-electron chi connectivity index (χ3n) is 3.36. The number of para-hydroxylation sites is 2. The van der Waals surface area contributed by atoms with Gasteiger partial charge in [0.2, 0.25) is 5.91 Å². The zero-order valence-corrected chi connectivity index (χ0v) is 11.1. The molecule has 0 bridgehead atoms.